The molecule has 2 fully saturated rings. The summed E-state index contributed by atoms with van der Waals surface area (Å²) in [5.74, 6) is -0.442. The van der Waals surface area contributed by atoms with Gasteiger partial charge in [0.15, 0.2) is 10.8 Å². The normalized spacial score (nSPS) is 23.4. The van der Waals surface area contributed by atoms with Crippen LogP contribution in [0.5, 0.6) is 0 Å². The zero-order chi connectivity index (χ0) is 22.8. The molecule has 172 valence electrons. The van der Waals surface area contributed by atoms with Crippen molar-refractivity contribution < 1.29 is 58.6 Å². The van der Waals surface area contributed by atoms with Crippen LogP contribution in [-0.4, -0.2) is 76.7 Å². The monoisotopic (exact) mass is 521 g/mol. The Kier molecular flexibility index (Phi) is 9.14. The van der Waals surface area contributed by atoms with Crippen LogP contribution in [-0.2, 0) is 23.9 Å². The first-order valence-corrected chi connectivity index (χ1v) is 11.9. The first-order valence-electron chi connectivity index (χ1n) is 9.57. The molecular formula is C18H20N5NaO6S3. The predicted molar refractivity (Wildman–Crippen MR) is 120 cm³/mol. The first kappa shape index (κ1) is 26.3. The smallest absolute Gasteiger partial charge is 0.863 e. The fourth-order valence-electron chi connectivity index (χ4n) is 3.73. The number of amides is 2. The Hall–Kier alpha value is -1.26. The second kappa shape index (κ2) is 11.4. The summed E-state index contributed by atoms with van der Waals surface area (Å²) in [7, 11) is 1.30. The number of fused-ring (bicyclic) bond motifs is 1. The number of rotatable bonds is 7. The number of carbonyl (C=O) groups excluding carboxylic acids is 2. The van der Waals surface area contributed by atoms with Crippen molar-refractivity contribution in [2.24, 2.45) is 11.1 Å². The number of thiocarbonyl (C=S) groups is 1. The van der Waals surface area contributed by atoms with Gasteiger partial charge in [-0.3, -0.25) is 14.5 Å². The second-order valence-electron chi connectivity index (χ2n) is 7.22. The SMILES string of the molecule is CO/N=C(\C(=O)NC1C(=O)N2C(C([O-])=S)=C(CC3COCOC3)CS[C@H]12)c1csc(N)n1.[Na+]. The Morgan fingerprint density at radius 1 is 1.48 bits per heavy atom. The van der Waals surface area contributed by atoms with E-state index in [1.807, 2.05) is 0 Å². The number of nitrogens with zero attached hydrogens (tertiary/aromatic N) is 3. The van der Waals surface area contributed by atoms with Gasteiger partial charge in [-0.05, 0) is 17.0 Å². The topological polar surface area (TPSA) is 151 Å². The maximum Gasteiger partial charge on any atom is 1.00 e. The molecule has 2 saturated heterocycles. The molecule has 0 aliphatic carbocycles. The first-order chi connectivity index (χ1) is 15.4. The molecule has 3 N–H and O–H groups in total. The Labute approximate surface area is 225 Å². The molecule has 0 spiro atoms. The van der Waals surface area contributed by atoms with E-state index in [-0.39, 0.29) is 64.5 Å². The van der Waals surface area contributed by atoms with Gasteiger partial charge in [-0.2, -0.15) is 0 Å². The average molecular weight is 522 g/mol. The molecule has 0 aromatic carbocycles. The number of thioether (sulfide) groups is 1. The number of nitrogens with two attached hydrogens (primary N) is 1. The van der Waals surface area contributed by atoms with Gasteiger partial charge >= 0.3 is 29.6 Å². The Bertz CT molecular complexity index is 996. The maximum atomic E-state index is 12.9. The van der Waals surface area contributed by atoms with Gasteiger partial charge < -0.3 is 30.5 Å². The minimum absolute atomic E-state index is 0. The summed E-state index contributed by atoms with van der Waals surface area (Å²) in [4.78, 5) is 35.9. The number of anilines is 1. The van der Waals surface area contributed by atoms with Gasteiger partial charge in [0.2, 0.25) is 0 Å². The average Bonchev–Trinajstić information content (AvgIpc) is 3.21. The van der Waals surface area contributed by atoms with E-state index in [1.54, 1.807) is 5.38 Å². The second-order valence-corrected chi connectivity index (χ2v) is 9.59. The number of nitrogens with one attached hydrogen (secondary N) is 1. The van der Waals surface area contributed by atoms with Crippen molar-refractivity contribution in [3.63, 3.8) is 0 Å². The number of β-lactam (4-membered cyclic amide) rings is 1. The minimum atomic E-state index is -0.835. The number of hydrogen-bond donors (Lipinski definition) is 2. The third kappa shape index (κ3) is 5.53. The molecule has 3 aliphatic rings. The zero-order valence-corrected chi connectivity index (χ0v) is 22.4. The summed E-state index contributed by atoms with van der Waals surface area (Å²) >= 11 is 7.53. The van der Waals surface area contributed by atoms with Crippen molar-refractivity contribution >= 4 is 63.0 Å². The number of hydrogen-bond acceptors (Lipinski definition) is 12. The van der Waals surface area contributed by atoms with Crippen molar-refractivity contribution in [1.29, 1.82) is 0 Å². The van der Waals surface area contributed by atoms with Gasteiger partial charge in [0.1, 0.15) is 31.0 Å². The fraction of sp³-hybridized carbons (Fsp3) is 0.500. The van der Waals surface area contributed by atoms with Gasteiger partial charge in [0, 0.05) is 22.7 Å². The van der Waals surface area contributed by atoms with Crippen molar-refractivity contribution in [2.75, 3.05) is 38.6 Å². The van der Waals surface area contributed by atoms with Gasteiger partial charge in [-0.15, -0.1) is 23.1 Å². The number of aromatic nitrogens is 1. The molecular weight excluding hydrogens is 501 g/mol. The Balaban J connectivity index is 0.00000306. The number of carbonyl (C=O) groups is 2. The van der Waals surface area contributed by atoms with Crippen molar-refractivity contribution in [1.82, 2.24) is 15.2 Å². The van der Waals surface area contributed by atoms with Crippen LogP contribution in [0.25, 0.3) is 0 Å². The molecule has 1 aromatic rings. The molecule has 3 aliphatic heterocycles. The molecule has 0 radical (unpaired) electrons. The van der Waals surface area contributed by atoms with Gasteiger partial charge in [0.05, 0.1) is 13.2 Å². The van der Waals surface area contributed by atoms with E-state index in [0.29, 0.717) is 25.4 Å². The van der Waals surface area contributed by atoms with Crippen molar-refractivity contribution in [3.05, 3.63) is 22.3 Å². The number of oxime groups is 1. The van der Waals surface area contributed by atoms with Crippen molar-refractivity contribution in [2.45, 2.75) is 17.8 Å². The van der Waals surface area contributed by atoms with Crippen LogP contribution in [0.1, 0.15) is 12.1 Å². The van der Waals surface area contributed by atoms with E-state index in [9.17, 15) is 14.7 Å². The summed E-state index contributed by atoms with van der Waals surface area (Å²) in [6.07, 6.45) is 0.550. The summed E-state index contributed by atoms with van der Waals surface area (Å²) in [6.45, 7) is 1.30. The molecule has 2 amide bonds. The van der Waals surface area contributed by atoms with E-state index in [0.717, 1.165) is 16.9 Å². The van der Waals surface area contributed by atoms with Gasteiger partial charge in [-0.25, -0.2) is 4.98 Å². The Morgan fingerprint density at radius 2 is 2.21 bits per heavy atom. The third-order valence-electron chi connectivity index (χ3n) is 5.10. The van der Waals surface area contributed by atoms with E-state index in [1.165, 1.54) is 23.8 Å². The molecule has 4 heterocycles. The molecule has 0 bridgehead atoms. The minimum Gasteiger partial charge on any atom is -0.863 e. The van der Waals surface area contributed by atoms with E-state index in [4.69, 9.17) is 32.3 Å². The van der Waals surface area contributed by atoms with Crippen molar-refractivity contribution in [3.8, 4) is 0 Å². The molecule has 11 nitrogen and oxygen atoms in total. The van der Waals surface area contributed by atoms with Crippen LogP contribution in [0.15, 0.2) is 21.8 Å². The largest absolute Gasteiger partial charge is 1.00 e. The molecule has 0 saturated carbocycles. The molecule has 1 unspecified atom stereocenters. The number of nitrogen functional groups attached to an aromatic ring is 1. The molecule has 2 atom stereocenters. The maximum absolute atomic E-state index is 12.9. The van der Waals surface area contributed by atoms with Gasteiger partial charge in [-0.1, -0.05) is 17.4 Å². The summed E-state index contributed by atoms with van der Waals surface area (Å²) in [6, 6.07) is -0.835. The van der Waals surface area contributed by atoms with Crippen LogP contribution in [0.4, 0.5) is 5.13 Å². The number of ether oxygens (including phenoxy) is 2. The van der Waals surface area contributed by atoms with Crippen LogP contribution in [0, 0.1) is 5.92 Å². The van der Waals surface area contributed by atoms with E-state index in [2.05, 4.69) is 15.5 Å². The standard InChI is InChI=1S/C18H21N5O6S3.Na/c1-27-22-11(10-6-32-18(19)20-10)14(24)21-12-15(25)23-13(17(26)30)9(5-31-16(12)23)2-8-3-28-7-29-4-8;/h6,8,12,16H,2-5,7H2,1H3,(H2,19,20)(H,21,24)(H,26,30);/q;+1/p-1/b22-11-;/t12?,16-;/m1./s1. The van der Waals surface area contributed by atoms with Crippen LogP contribution >= 0.6 is 35.3 Å². The summed E-state index contributed by atoms with van der Waals surface area (Å²) in [5, 5.41) is 19.4. The molecule has 15 heteroatoms. The third-order valence-corrected chi connectivity index (χ3v) is 7.31. The van der Waals surface area contributed by atoms with E-state index >= 15 is 0 Å². The summed E-state index contributed by atoms with van der Waals surface area (Å²) < 4.78 is 10.6. The molecule has 1 aromatic heterocycles. The molecule has 4 rings (SSSR count). The molecule has 33 heavy (non-hydrogen) atoms. The quantitative estimate of drug-likeness (QED) is 0.121. The van der Waals surface area contributed by atoms with E-state index < -0.39 is 28.3 Å². The number of thiazole rings is 1. The van der Waals surface area contributed by atoms with Gasteiger partial charge in [0.25, 0.3) is 11.8 Å². The zero-order valence-electron chi connectivity index (χ0n) is 17.9. The van der Waals surface area contributed by atoms with Crippen LogP contribution < -0.4 is 45.7 Å². The van der Waals surface area contributed by atoms with Crippen LogP contribution in [0.3, 0.4) is 0 Å². The fourth-order valence-corrected chi connectivity index (χ4v) is 5.89. The van der Waals surface area contributed by atoms with Crippen LogP contribution in [0.2, 0.25) is 0 Å². The predicted octanol–water partition coefficient (Wildman–Crippen LogP) is -3.57. The Morgan fingerprint density at radius 3 is 2.82 bits per heavy atom. The summed E-state index contributed by atoms with van der Waals surface area (Å²) in [5.41, 5.74) is 6.80.